The van der Waals surface area contributed by atoms with Crippen LogP contribution in [0.4, 0.5) is 8.78 Å². The van der Waals surface area contributed by atoms with Gasteiger partial charge in [-0.2, -0.15) is 4.39 Å². The Labute approximate surface area is 116 Å². The third-order valence-corrected chi connectivity index (χ3v) is 2.87. The van der Waals surface area contributed by atoms with E-state index in [1.165, 1.54) is 12.1 Å². The second-order valence-corrected chi connectivity index (χ2v) is 4.47. The van der Waals surface area contributed by atoms with Crippen LogP contribution in [0.1, 0.15) is 11.1 Å². The normalized spacial score (nSPS) is 10.5. The molecule has 0 aliphatic heterocycles. The second kappa shape index (κ2) is 5.33. The third-order valence-electron chi connectivity index (χ3n) is 2.65. The number of nitrogens with two attached hydrogens (primary N) is 1. The predicted octanol–water partition coefficient (Wildman–Crippen LogP) is 0.497. The van der Waals surface area contributed by atoms with Crippen molar-refractivity contribution in [2.24, 2.45) is 5.73 Å². The third kappa shape index (κ3) is 2.80. The van der Waals surface area contributed by atoms with E-state index in [-0.39, 0.29) is 17.1 Å². The van der Waals surface area contributed by atoms with Crippen LogP contribution in [0.3, 0.4) is 0 Å². The standard InChI is InChI=1S/C12H9F2N3O2S/c13-7-2-1-6(8(3-7)10(15)20)4-17-5-9(14)11(18)16-12(17)19/h1-3,5H,4H2,(H2,15,20)(H,16,18,19). The Balaban J connectivity index is 2.50. The Morgan fingerprint density at radius 3 is 2.70 bits per heavy atom. The molecular weight excluding hydrogens is 288 g/mol. The Hall–Kier alpha value is -2.35. The second-order valence-electron chi connectivity index (χ2n) is 4.03. The van der Waals surface area contributed by atoms with E-state index in [0.29, 0.717) is 5.56 Å². The lowest BCUT2D eigenvalue weighted by Gasteiger charge is -2.10. The fourth-order valence-electron chi connectivity index (χ4n) is 1.70. The Bertz CT molecular complexity index is 798. The highest BCUT2D eigenvalue weighted by Gasteiger charge is 2.10. The summed E-state index contributed by atoms with van der Waals surface area (Å²) in [4.78, 5) is 24.3. The molecule has 0 atom stereocenters. The van der Waals surface area contributed by atoms with E-state index >= 15 is 0 Å². The molecule has 0 aliphatic rings. The number of nitrogens with one attached hydrogen (secondary N) is 1. The van der Waals surface area contributed by atoms with Gasteiger partial charge in [0.1, 0.15) is 10.8 Å². The zero-order valence-electron chi connectivity index (χ0n) is 10.0. The van der Waals surface area contributed by atoms with Gasteiger partial charge in [-0.25, -0.2) is 9.18 Å². The molecule has 2 rings (SSSR count). The molecule has 0 fully saturated rings. The molecule has 0 amide bonds. The number of thiocarbonyl (C=S) groups is 1. The van der Waals surface area contributed by atoms with Crippen LogP contribution in [0.5, 0.6) is 0 Å². The van der Waals surface area contributed by atoms with Crippen molar-refractivity contribution < 1.29 is 8.78 Å². The van der Waals surface area contributed by atoms with Crippen molar-refractivity contribution in [3.8, 4) is 0 Å². The van der Waals surface area contributed by atoms with Crippen LogP contribution in [-0.2, 0) is 6.54 Å². The summed E-state index contributed by atoms with van der Waals surface area (Å²) in [6, 6.07) is 3.69. The molecule has 1 aromatic heterocycles. The lowest BCUT2D eigenvalue weighted by atomic mass is 10.1. The van der Waals surface area contributed by atoms with Gasteiger partial charge in [-0.1, -0.05) is 18.3 Å². The molecule has 2 aromatic rings. The predicted molar refractivity (Wildman–Crippen MR) is 72.7 cm³/mol. The molecule has 3 N–H and O–H groups in total. The number of benzene rings is 1. The highest BCUT2D eigenvalue weighted by Crippen LogP contribution is 2.12. The first kappa shape index (κ1) is 14.1. The average molecular weight is 297 g/mol. The maximum Gasteiger partial charge on any atom is 0.328 e. The number of hydrogen-bond acceptors (Lipinski definition) is 3. The Morgan fingerprint density at radius 2 is 2.05 bits per heavy atom. The van der Waals surface area contributed by atoms with Crippen molar-refractivity contribution in [3.05, 3.63) is 68.0 Å². The van der Waals surface area contributed by atoms with Crippen LogP contribution in [0.2, 0.25) is 0 Å². The van der Waals surface area contributed by atoms with Gasteiger partial charge in [-0.15, -0.1) is 0 Å². The van der Waals surface area contributed by atoms with Gasteiger partial charge in [0, 0.05) is 5.56 Å². The number of H-pyrrole nitrogens is 1. The summed E-state index contributed by atoms with van der Waals surface area (Å²) < 4.78 is 27.3. The van der Waals surface area contributed by atoms with Gasteiger partial charge in [0.05, 0.1) is 12.7 Å². The van der Waals surface area contributed by atoms with Crippen LogP contribution in [-0.4, -0.2) is 14.5 Å². The molecular formula is C12H9F2N3O2S. The summed E-state index contributed by atoms with van der Waals surface area (Å²) >= 11 is 4.80. The van der Waals surface area contributed by atoms with E-state index in [0.717, 1.165) is 16.8 Å². The van der Waals surface area contributed by atoms with Crippen molar-refractivity contribution in [3.63, 3.8) is 0 Å². The van der Waals surface area contributed by atoms with E-state index in [1.807, 2.05) is 4.98 Å². The lowest BCUT2D eigenvalue weighted by Crippen LogP contribution is -2.32. The smallest absolute Gasteiger partial charge is 0.328 e. The van der Waals surface area contributed by atoms with Crippen LogP contribution in [0.25, 0.3) is 0 Å². The summed E-state index contributed by atoms with van der Waals surface area (Å²) in [5.74, 6) is -1.62. The first-order chi connectivity index (χ1) is 9.38. The quantitative estimate of drug-likeness (QED) is 0.808. The summed E-state index contributed by atoms with van der Waals surface area (Å²) in [6.45, 7) is -0.0977. The largest absolute Gasteiger partial charge is 0.389 e. The first-order valence-electron chi connectivity index (χ1n) is 5.46. The molecule has 104 valence electrons. The molecule has 1 aromatic carbocycles. The highest BCUT2D eigenvalue weighted by molar-refractivity contribution is 7.80. The molecule has 0 bridgehead atoms. The monoisotopic (exact) mass is 297 g/mol. The number of hydrogen-bond donors (Lipinski definition) is 2. The van der Waals surface area contributed by atoms with E-state index in [4.69, 9.17) is 18.0 Å². The van der Waals surface area contributed by atoms with Crippen molar-refractivity contribution in [1.82, 2.24) is 9.55 Å². The fourth-order valence-corrected chi connectivity index (χ4v) is 1.89. The number of aromatic amines is 1. The summed E-state index contributed by atoms with van der Waals surface area (Å²) in [6.07, 6.45) is 0.772. The topological polar surface area (TPSA) is 80.9 Å². The van der Waals surface area contributed by atoms with Crippen LogP contribution in [0, 0.1) is 11.6 Å². The maximum absolute atomic E-state index is 13.2. The van der Waals surface area contributed by atoms with Crippen LogP contribution < -0.4 is 17.0 Å². The van der Waals surface area contributed by atoms with E-state index < -0.39 is 22.9 Å². The molecule has 0 unspecified atom stereocenters. The highest BCUT2D eigenvalue weighted by atomic mass is 32.1. The van der Waals surface area contributed by atoms with Gasteiger partial charge < -0.3 is 5.73 Å². The molecule has 0 spiro atoms. The van der Waals surface area contributed by atoms with Gasteiger partial charge >= 0.3 is 5.69 Å². The van der Waals surface area contributed by atoms with Gasteiger partial charge in [0.15, 0.2) is 0 Å². The molecule has 0 radical (unpaired) electrons. The van der Waals surface area contributed by atoms with E-state index in [2.05, 4.69) is 0 Å². The van der Waals surface area contributed by atoms with Gasteiger partial charge in [0.2, 0.25) is 5.82 Å². The average Bonchev–Trinajstić information content (AvgIpc) is 2.37. The van der Waals surface area contributed by atoms with E-state index in [1.54, 1.807) is 0 Å². The van der Waals surface area contributed by atoms with Crippen molar-refractivity contribution >= 4 is 17.2 Å². The van der Waals surface area contributed by atoms with Gasteiger partial charge in [-0.05, 0) is 17.7 Å². The van der Waals surface area contributed by atoms with Gasteiger partial charge in [-0.3, -0.25) is 14.3 Å². The van der Waals surface area contributed by atoms with Crippen molar-refractivity contribution in [2.45, 2.75) is 6.54 Å². The van der Waals surface area contributed by atoms with E-state index in [9.17, 15) is 18.4 Å². The van der Waals surface area contributed by atoms with Crippen molar-refractivity contribution in [2.75, 3.05) is 0 Å². The molecule has 0 saturated carbocycles. The molecule has 0 aliphatic carbocycles. The first-order valence-corrected chi connectivity index (χ1v) is 5.87. The molecule has 8 heteroatoms. The fraction of sp³-hybridized carbons (Fsp3) is 0.0833. The number of nitrogens with zero attached hydrogens (tertiary/aromatic N) is 1. The minimum Gasteiger partial charge on any atom is -0.389 e. The maximum atomic E-state index is 13.2. The summed E-state index contributed by atoms with van der Waals surface area (Å²) in [5.41, 5.74) is 4.28. The van der Waals surface area contributed by atoms with Crippen molar-refractivity contribution in [1.29, 1.82) is 0 Å². The van der Waals surface area contributed by atoms with Gasteiger partial charge in [0.25, 0.3) is 5.56 Å². The van der Waals surface area contributed by atoms with Crippen LogP contribution >= 0.6 is 12.2 Å². The minimum atomic E-state index is -1.10. The summed E-state index contributed by atoms with van der Waals surface area (Å²) in [5, 5.41) is 0. The molecule has 1 heterocycles. The molecule has 5 nitrogen and oxygen atoms in total. The SMILES string of the molecule is NC(=S)c1cc(F)ccc1Cn1cc(F)c(=O)[nH]c1=O. The Morgan fingerprint density at radius 1 is 1.35 bits per heavy atom. The zero-order valence-corrected chi connectivity index (χ0v) is 10.8. The number of rotatable bonds is 3. The summed E-state index contributed by atoms with van der Waals surface area (Å²) in [7, 11) is 0. The lowest BCUT2D eigenvalue weighted by molar-refractivity contribution is 0.565. The zero-order chi connectivity index (χ0) is 14.9. The Kier molecular flexibility index (Phi) is 3.75. The number of halogens is 2. The van der Waals surface area contributed by atoms with Crippen LogP contribution in [0.15, 0.2) is 34.0 Å². The minimum absolute atomic E-state index is 0.0440. The number of aromatic nitrogens is 2. The molecule has 0 saturated heterocycles. The molecule has 20 heavy (non-hydrogen) atoms.